The summed E-state index contributed by atoms with van der Waals surface area (Å²) in [5, 5.41) is -1.65. The number of rotatable bonds is 2. The topological polar surface area (TPSA) is 141 Å². The SMILES string of the molecule is CC(C)(C)P(=O)(O)OP(=O)(O)O.CC(C)(C)P(C)(=O)O. The standard InChI is InChI=1S/C5H13O2P.C4H12O6P2/c1-5(2,3)8(4,6)7;1-4(2,3)11(5,6)10-12(7,8)9/h1-4H3,(H,6,7);1-3H3,(H,5,6)(H2,7,8,9). The molecule has 0 radical (unpaired) electrons. The molecular formula is C9H25O8P3. The van der Waals surface area contributed by atoms with Crippen molar-refractivity contribution in [2.24, 2.45) is 0 Å². The van der Waals surface area contributed by atoms with Gasteiger partial charge < -0.3 is 19.6 Å². The molecule has 8 nitrogen and oxygen atoms in total. The second-order valence-electron chi connectivity index (χ2n) is 6.31. The summed E-state index contributed by atoms with van der Waals surface area (Å²) in [6.07, 6.45) is 0. The molecule has 0 rings (SSSR count). The maximum Gasteiger partial charge on any atom is 0.476 e. The van der Waals surface area contributed by atoms with Crippen LogP contribution < -0.4 is 0 Å². The van der Waals surface area contributed by atoms with Crippen LogP contribution in [0.4, 0.5) is 0 Å². The van der Waals surface area contributed by atoms with E-state index in [0.29, 0.717) is 0 Å². The maximum atomic E-state index is 11.1. The summed E-state index contributed by atoms with van der Waals surface area (Å²) in [6, 6.07) is 0. The van der Waals surface area contributed by atoms with Gasteiger partial charge in [-0.3, -0.25) is 9.13 Å². The van der Waals surface area contributed by atoms with Crippen molar-refractivity contribution in [3.63, 3.8) is 0 Å². The molecule has 11 heteroatoms. The summed E-state index contributed by atoms with van der Waals surface area (Å²) in [7, 11) is -12.0. The van der Waals surface area contributed by atoms with Crippen molar-refractivity contribution in [3.05, 3.63) is 0 Å². The molecule has 0 aromatic heterocycles. The van der Waals surface area contributed by atoms with E-state index in [1.165, 1.54) is 27.4 Å². The molecule has 2 atom stereocenters. The quantitative estimate of drug-likeness (QED) is 0.555. The molecule has 0 aliphatic rings. The van der Waals surface area contributed by atoms with Gasteiger partial charge >= 0.3 is 15.4 Å². The van der Waals surface area contributed by atoms with Gasteiger partial charge in [0, 0.05) is 11.8 Å². The Hall–Kier alpha value is 0.490. The summed E-state index contributed by atoms with van der Waals surface area (Å²) in [5.74, 6) is 0. The van der Waals surface area contributed by atoms with Crippen LogP contribution in [0.25, 0.3) is 0 Å². The van der Waals surface area contributed by atoms with Gasteiger partial charge in [0.05, 0.1) is 5.16 Å². The number of hydrogen-bond acceptors (Lipinski definition) is 4. The van der Waals surface area contributed by atoms with Crippen LogP contribution in [0.5, 0.6) is 0 Å². The molecule has 0 aromatic carbocycles. The summed E-state index contributed by atoms with van der Waals surface area (Å²) in [6.45, 7) is 10.7. The molecule has 0 aliphatic carbocycles. The van der Waals surface area contributed by atoms with Crippen LogP contribution in [-0.4, -0.2) is 36.6 Å². The van der Waals surface area contributed by atoms with Crippen molar-refractivity contribution in [2.45, 2.75) is 51.9 Å². The lowest BCUT2D eigenvalue weighted by Gasteiger charge is -2.24. The highest BCUT2D eigenvalue weighted by Gasteiger charge is 2.41. The highest BCUT2D eigenvalue weighted by Crippen LogP contribution is 2.64. The average Bonchev–Trinajstić information content (AvgIpc) is 1.92. The predicted octanol–water partition coefficient (Wildman–Crippen LogP) is 2.76. The third-order valence-electron chi connectivity index (χ3n) is 2.31. The van der Waals surface area contributed by atoms with Gasteiger partial charge in [0.1, 0.15) is 0 Å². The van der Waals surface area contributed by atoms with E-state index in [-0.39, 0.29) is 0 Å². The third kappa shape index (κ3) is 9.43. The van der Waals surface area contributed by atoms with E-state index in [9.17, 15) is 13.7 Å². The van der Waals surface area contributed by atoms with Crippen molar-refractivity contribution >= 4 is 22.8 Å². The highest BCUT2D eigenvalue weighted by molar-refractivity contribution is 7.64. The Balaban J connectivity index is 0. The summed E-state index contributed by atoms with van der Waals surface area (Å²) in [4.78, 5) is 34.5. The van der Waals surface area contributed by atoms with Crippen molar-refractivity contribution in [1.82, 2.24) is 0 Å². The molecule has 0 aliphatic heterocycles. The van der Waals surface area contributed by atoms with Crippen LogP contribution in [-0.2, 0) is 18.0 Å². The second kappa shape index (κ2) is 6.72. The zero-order valence-electron chi connectivity index (χ0n) is 12.8. The summed E-state index contributed by atoms with van der Waals surface area (Å²) >= 11 is 0. The first kappa shape index (κ1) is 22.8. The smallest absolute Gasteiger partial charge is 0.344 e. The van der Waals surface area contributed by atoms with Gasteiger partial charge in [-0.05, 0) is 20.8 Å². The van der Waals surface area contributed by atoms with Crippen molar-refractivity contribution < 1.29 is 37.6 Å². The van der Waals surface area contributed by atoms with Crippen LogP contribution in [0.2, 0.25) is 0 Å². The van der Waals surface area contributed by atoms with E-state index in [2.05, 4.69) is 4.31 Å². The lowest BCUT2D eigenvalue weighted by atomic mass is 10.3. The van der Waals surface area contributed by atoms with Gasteiger partial charge in [-0.25, -0.2) is 8.88 Å². The van der Waals surface area contributed by atoms with Crippen LogP contribution in [0.3, 0.4) is 0 Å². The first-order valence-corrected chi connectivity index (χ1v) is 10.8. The first-order valence-electron chi connectivity index (χ1n) is 5.61. The minimum absolute atomic E-state index is 0.451. The van der Waals surface area contributed by atoms with Crippen molar-refractivity contribution in [1.29, 1.82) is 0 Å². The molecule has 124 valence electrons. The molecule has 0 spiro atoms. The normalized spacial score (nSPS) is 19.4. The van der Waals surface area contributed by atoms with Gasteiger partial charge in [0.2, 0.25) is 7.37 Å². The van der Waals surface area contributed by atoms with E-state index in [1.54, 1.807) is 20.8 Å². The van der Waals surface area contributed by atoms with Gasteiger partial charge in [0.15, 0.2) is 0 Å². The minimum atomic E-state index is -4.90. The Morgan fingerprint density at radius 3 is 1.05 bits per heavy atom. The van der Waals surface area contributed by atoms with E-state index in [4.69, 9.17) is 19.6 Å². The predicted molar refractivity (Wildman–Crippen MR) is 78.2 cm³/mol. The van der Waals surface area contributed by atoms with Crippen LogP contribution in [0.15, 0.2) is 0 Å². The summed E-state index contributed by atoms with van der Waals surface area (Å²) in [5.41, 5.74) is 0. The van der Waals surface area contributed by atoms with Gasteiger partial charge in [-0.15, -0.1) is 0 Å². The Kier molecular flexibility index (Phi) is 7.65. The Morgan fingerprint density at radius 1 is 0.750 bits per heavy atom. The molecule has 0 amide bonds. The van der Waals surface area contributed by atoms with Crippen molar-refractivity contribution in [3.8, 4) is 0 Å². The fraction of sp³-hybridized carbons (Fsp3) is 1.00. The molecule has 4 N–H and O–H groups in total. The van der Waals surface area contributed by atoms with E-state index < -0.39 is 33.1 Å². The molecule has 0 saturated carbocycles. The van der Waals surface area contributed by atoms with Crippen molar-refractivity contribution in [2.75, 3.05) is 6.66 Å². The van der Waals surface area contributed by atoms with E-state index >= 15 is 0 Å². The summed E-state index contributed by atoms with van der Waals surface area (Å²) < 4.78 is 35.9. The monoisotopic (exact) mass is 354 g/mol. The lowest BCUT2D eigenvalue weighted by molar-refractivity contribution is 0.254. The zero-order valence-corrected chi connectivity index (χ0v) is 15.4. The van der Waals surface area contributed by atoms with Gasteiger partial charge in [-0.1, -0.05) is 20.8 Å². The minimum Gasteiger partial charge on any atom is -0.344 e. The first-order chi connectivity index (χ1) is 8.21. The molecule has 20 heavy (non-hydrogen) atoms. The number of hydrogen-bond donors (Lipinski definition) is 4. The van der Waals surface area contributed by atoms with Gasteiger partial charge in [-0.2, -0.15) is 0 Å². The number of phosphoric acid groups is 1. The Morgan fingerprint density at radius 2 is 1.00 bits per heavy atom. The van der Waals surface area contributed by atoms with Gasteiger partial charge in [0.25, 0.3) is 0 Å². The fourth-order valence-corrected chi connectivity index (χ4v) is 2.40. The second-order valence-corrected chi connectivity index (χ2v) is 13.4. The molecule has 0 saturated heterocycles. The fourth-order valence-electron chi connectivity index (χ4n) is 0.267. The zero-order chi connectivity index (χ0) is 17.2. The molecule has 2 unspecified atom stereocenters. The van der Waals surface area contributed by atoms with Crippen LogP contribution >= 0.6 is 22.8 Å². The molecule has 0 heterocycles. The third-order valence-corrected chi connectivity index (χ3v) is 8.23. The highest BCUT2D eigenvalue weighted by atomic mass is 31.3. The average molecular weight is 354 g/mol. The lowest BCUT2D eigenvalue weighted by Crippen LogP contribution is -2.15. The maximum absolute atomic E-state index is 11.1. The molecule has 0 bridgehead atoms. The molecule has 0 aromatic rings. The van der Waals surface area contributed by atoms with E-state index in [0.717, 1.165) is 0 Å². The molecule has 0 fully saturated rings. The Labute approximate surface area is 119 Å². The van der Waals surface area contributed by atoms with Crippen LogP contribution in [0, 0.1) is 0 Å². The molecular weight excluding hydrogens is 329 g/mol. The Bertz CT molecular complexity index is 447. The van der Waals surface area contributed by atoms with Crippen LogP contribution in [0.1, 0.15) is 41.5 Å². The van der Waals surface area contributed by atoms with E-state index in [1.807, 2.05) is 0 Å². The largest absolute Gasteiger partial charge is 0.476 e.